The summed E-state index contributed by atoms with van der Waals surface area (Å²) in [5.74, 6) is 0. The van der Waals surface area contributed by atoms with Crippen molar-refractivity contribution in [2.45, 2.75) is 13.2 Å². The molecule has 0 spiro atoms. The van der Waals surface area contributed by atoms with Crippen LogP contribution >= 0.6 is 0 Å². The Labute approximate surface area is 49.9 Å². The van der Waals surface area contributed by atoms with E-state index in [2.05, 4.69) is 0 Å². The number of hydrogen-bond donors (Lipinski definition) is 2. The van der Waals surface area contributed by atoms with Crippen molar-refractivity contribution in [1.29, 1.82) is 0 Å². The molecule has 48 valence electrons. The fourth-order valence-electron chi connectivity index (χ4n) is 0.335. The molecule has 0 aromatic rings. The first-order valence-corrected chi connectivity index (χ1v) is 2.54. The van der Waals surface area contributed by atoms with Gasteiger partial charge < -0.3 is 4.90 Å². The van der Waals surface area contributed by atoms with Crippen LogP contribution in [0.5, 0.6) is 0 Å². The SMILES string of the molecule is CC=CN(C)C(N)N. The zero-order chi connectivity index (χ0) is 6.57. The monoisotopic (exact) mass is 115 g/mol. The molecule has 0 aliphatic rings. The van der Waals surface area contributed by atoms with Gasteiger partial charge in [0.2, 0.25) is 0 Å². The topological polar surface area (TPSA) is 55.3 Å². The molecule has 0 atom stereocenters. The van der Waals surface area contributed by atoms with Gasteiger partial charge in [-0.15, -0.1) is 0 Å². The highest BCUT2D eigenvalue weighted by molar-refractivity contribution is 4.76. The second-order valence-electron chi connectivity index (χ2n) is 1.64. The maximum absolute atomic E-state index is 5.27. The number of nitrogens with zero attached hydrogens (tertiary/aromatic N) is 1. The van der Waals surface area contributed by atoms with Crippen LogP contribution in [0.4, 0.5) is 0 Å². The van der Waals surface area contributed by atoms with Crippen molar-refractivity contribution < 1.29 is 0 Å². The largest absolute Gasteiger partial charge is 0.354 e. The Kier molecular flexibility index (Phi) is 3.23. The molecule has 0 unspecified atom stereocenters. The van der Waals surface area contributed by atoms with Crippen LogP contribution < -0.4 is 11.5 Å². The van der Waals surface area contributed by atoms with E-state index in [-0.39, 0.29) is 6.29 Å². The molecule has 0 fully saturated rings. The summed E-state index contributed by atoms with van der Waals surface area (Å²) in [5.41, 5.74) is 10.5. The lowest BCUT2D eigenvalue weighted by Gasteiger charge is -2.17. The molecule has 3 nitrogen and oxygen atoms in total. The Hall–Kier alpha value is -0.540. The molecule has 0 radical (unpaired) electrons. The summed E-state index contributed by atoms with van der Waals surface area (Å²) in [5, 5.41) is 0. The fourth-order valence-corrected chi connectivity index (χ4v) is 0.335. The van der Waals surface area contributed by atoms with Gasteiger partial charge in [0.15, 0.2) is 0 Å². The van der Waals surface area contributed by atoms with Crippen LogP contribution in [0.15, 0.2) is 12.3 Å². The first kappa shape index (κ1) is 7.46. The van der Waals surface area contributed by atoms with Crippen molar-refractivity contribution in [1.82, 2.24) is 4.90 Å². The highest BCUT2D eigenvalue weighted by Gasteiger charge is 1.92. The molecule has 0 amide bonds. The lowest BCUT2D eigenvalue weighted by Crippen LogP contribution is -2.43. The second-order valence-corrected chi connectivity index (χ2v) is 1.64. The van der Waals surface area contributed by atoms with Crippen molar-refractivity contribution in [3.05, 3.63) is 12.3 Å². The minimum atomic E-state index is -0.383. The van der Waals surface area contributed by atoms with Gasteiger partial charge in [-0.2, -0.15) is 0 Å². The van der Waals surface area contributed by atoms with Gasteiger partial charge in [0.05, 0.1) is 0 Å². The third-order valence-corrected chi connectivity index (χ3v) is 0.854. The Bertz CT molecular complexity index is 77.7. The van der Waals surface area contributed by atoms with Crippen molar-refractivity contribution in [2.75, 3.05) is 7.05 Å². The van der Waals surface area contributed by atoms with Crippen LogP contribution in [0.1, 0.15) is 6.92 Å². The summed E-state index contributed by atoms with van der Waals surface area (Å²) in [4.78, 5) is 1.72. The van der Waals surface area contributed by atoms with Crippen molar-refractivity contribution in [3.8, 4) is 0 Å². The van der Waals surface area contributed by atoms with Crippen LogP contribution in [-0.4, -0.2) is 18.2 Å². The van der Waals surface area contributed by atoms with Gasteiger partial charge in [0, 0.05) is 7.05 Å². The van der Waals surface area contributed by atoms with E-state index >= 15 is 0 Å². The van der Waals surface area contributed by atoms with E-state index in [9.17, 15) is 0 Å². The molecular weight excluding hydrogens is 102 g/mol. The molecule has 0 aromatic carbocycles. The van der Waals surface area contributed by atoms with Gasteiger partial charge in [0.1, 0.15) is 6.29 Å². The predicted molar refractivity (Wildman–Crippen MR) is 34.7 cm³/mol. The smallest absolute Gasteiger partial charge is 0.129 e. The van der Waals surface area contributed by atoms with Crippen molar-refractivity contribution in [3.63, 3.8) is 0 Å². The zero-order valence-electron chi connectivity index (χ0n) is 5.33. The molecule has 0 bridgehead atoms. The molecule has 0 aromatic heterocycles. The van der Waals surface area contributed by atoms with Crippen LogP contribution in [0.3, 0.4) is 0 Å². The summed E-state index contributed by atoms with van der Waals surface area (Å²) in [6.45, 7) is 1.92. The standard InChI is InChI=1S/C5H13N3/c1-3-4-8(2)5(6)7/h3-5H,6-7H2,1-2H3. The molecule has 0 saturated carbocycles. The zero-order valence-corrected chi connectivity index (χ0v) is 5.33. The Morgan fingerprint density at radius 2 is 2.00 bits per heavy atom. The third-order valence-electron chi connectivity index (χ3n) is 0.854. The number of nitrogens with two attached hydrogens (primary N) is 2. The van der Waals surface area contributed by atoms with E-state index in [1.54, 1.807) is 4.90 Å². The summed E-state index contributed by atoms with van der Waals surface area (Å²) < 4.78 is 0. The molecule has 4 N–H and O–H groups in total. The van der Waals surface area contributed by atoms with Crippen LogP contribution in [0.25, 0.3) is 0 Å². The van der Waals surface area contributed by atoms with Crippen LogP contribution in [0.2, 0.25) is 0 Å². The molecule has 8 heavy (non-hydrogen) atoms. The molecule has 0 saturated heterocycles. The maximum Gasteiger partial charge on any atom is 0.129 e. The quantitative estimate of drug-likeness (QED) is 0.484. The van der Waals surface area contributed by atoms with E-state index < -0.39 is 0 Å². The Morgan fingerprint density at radius 1 is 1.50 bits per heavy atom. The van der Waals surface area contributed by atoms with Crippen LogP contribution in [-0.2, 0) is 0 Å². The molecule has 0 aliphatic carbocycles. The minimum Gasteiger partial charge on any atom is -0.354 e. The maximum atomic E-state index is 5.27. The molecule has 0 heterocycles. The van der Waals surface area contributed by atoms with Gasteiger partial charge in [-0.25, -0.2) is 0 Å². The number of allylic oxidation sites excluding steroid dienone is 1. The average molecular weight is 115 g/mol. The highest BCUT2D eigenvalue weighted by Crippen LogP contribution is 1.81. The van der Waals surface area contributed by atoms with E-state index in [4.69, 9.17) is 11.5 Å². The number of hydrogen-bond acceptors (Lipinski definition) is 3. The highest BCUT2D eigenvalue weighted by atomic mass is 15.3. The van der Waals surface area contributed by atoms with Gasteiger partial charge >= 0.3 is 0 Å². The predicted octanol–water partition coefficient (Wildman–Crippen LogP) is -0.347. The van der Waals surface area contributed by atoms with Crippen molar-refractivity contribution >= 4 is 0 Å². The van der Waals surface area contributed by atoms with E-state index in [0.717, 1.165) is 0 Å². The van der Waals surface area contributed by atoms with Crippen molar-refractivity contribution in [2.24, 2.45) is 11.5 Å². The van der Waals surface area contributed by atoms with E-state index in [1.165, 1.54) is 0 Å². The normalized spacial score (nSPS) is 11.1. The van der Waals surface area contributed by atoms with E-state index in [1.807, 2.05) is 26.2 Å². The van der Waals surface area contributed by atoms with Crippen LogP contribution in [0, 0.1) is 0 Å². The summed E-state index contributed by atoms with van der Waals surface area (Å²) >= 11 is 0. The molecule has 0 rings (SSSR count). The Balaban J connectivity index is 3.47. The molecule has 3 heteroatoms. The summed E-state index contributed by atoms with van der Waals surface area (Å²) in [7, 11) is 1.82. The number of rotatable bonds is 2. The average Bonchev–Trinajstić information content (AvgIpc) is 1.67. The Morgan fingerprint density at radius 3 is 2.12 bits per heavy atom. The minimum absolute atomic E-state index is 0.383. The molecular formula is C5H13N3. The van der Waals surface area contributed by atoms with E-state index in [0.29, 0.717) is 0 Å². The first-order chi connectivity index (χ1) is 3.68. The van der Waals surface area contributed by atoms with Gasteiger partial charge in [-0.1, -0.05) is 6.08 Å². The van der Waals surface area contributed by atoms with Gasteiger partial charge in [-0.3, -0.25) is 11.5 Å². The summed E-state index contributed by atoms with van der Waals surface area (Å²) in [6.07, 6.45) is 3.32. The second kappa shape index (κ2) is 3.46. The first-order valence-electron chi connectivity index (χ1n) is 2.54. The third kappa shape index (κ3) is 2.60. The van der Waals surface area contributed by atoms with Gasteiger partial charge in [0.25, 0.3) is 0 Å². The molecule has 0 aliphatic heterocycles. The lowest BCUT2D eigenvalue weighted by atomic mass is 10.6. The lowest BCUT2D eigenvalue weighted by molar-refractivity contribution is 0.345. The summed E-state index contributed by atoms with van der Waals surface area (Å²) in [6, 6.07) is 0. The fraction of sp³-hybridized carbons (Fsp3) is 0.600. The van der Waals surface area contributed by atoms with Gasteiger partial charge in [-0.05, 0) is 13.1 Å².